The molecule has 0 heterocycles. The van der Waals surface area contributed by atoms with E-state index in [-0.39, 0.29) is 0 Å². The molecule has 1 rings (SSSR count). The Morgan fingerprint density at radius 1 is 2.00 bits per heavy atom. The van der Waals surface area contributed by atoms with Gasteiger partial charge in [-0.3, -0.25) is 0 Å². The fourth-order valence-corrected chi connectivity index (χ4v) is 0.235. The van der Waals surface area contributed by atoms with E-state index in [1.165, 1.54) is 5.57 Å². The molecule has 0 radical (unpaired) electrons. The van der Waals surface area contributed by atoms with Gasteiger partial charge >= 0.3 is 0 Å². The zero-order chi connectivity index (χ0) is 3.86. The van der Waals surface area contributed by atoms with Gasteiger partial charge in [0.1, 0.15) is 0 Å². The maximum atomic E-state index is 5.27. The molecule has 0 saturated carbocycles. The summed E-state index contributed by atoms with van der Waals surface area (Å²) in [4.78, 5) is 0. The summed E-state index contributed by atoms with van der Waals surface area (Å²) in [6.07, 6.45) is 2.03. The fraction of sp³-hybridized carbons (Fsp3) is 0.500. The van der Waals surface area contributed by atoms with Crippen LogP contribution in [-0.2, 0) is 0 Å². The number of hydrogen-bond acceptors (Lipinski definition) is 1. The highest BCUT2D eigenvalue weighted by Crippen LogP contribution is 2.13. The summed E-state index contributed by atoms with van der Waals surface area (Å²) >= 11 is 0. The van der Waals surface area contributed by atoms with Gasteiger partial charge in [0, 0.05) is 6.04 Å². The third-order valence-electron chi connectivity index (χ3n) is 0.859. The van der Waals surface area contributed by atoms with Gasteiger partial charge in [0.05, 0.1) is 0 Å². The standard InChI is InChI=1S/C4H7N/c1-3-2-4(3)5/h2,4H,5H2,1H3/t4-/m0/s1. The van der Waals surface area contributed by atoms with Gasteiger partial charge in [0.25, 0.3) is 0 Å². The predicted octanol–water partition coefficient (Wildman–Crippen LogP) is 0.274. The second-order valence-electron chi connectivity index (χ2n) is 1.44. The Hall–Kier alpha value is -0.300. The van der Waals surface area contributed by atoms with Crippen LogP contribution in [0.25, 0.3) is 0 Å². The Bertz CT molecular complexity index is 73.7. The minimum absolute atomic E-state index is 0.343. The molecule has 1 aliphatic rings. The van der Waals surface area contributed by atoms with E-state index in [1.807, 2.05) is 13.0 Å². The molecular weight excluding hydrogens is 62.1 g/mol. The SMILES string of the molecule is CC1=C[C@@H]1N. The van der Waals surface area contributed by atoms with Crippen LogP contribution in [0, 0.1) is 0 Å². The van der Waals surface area contributed by atoms with E-state index in [4.69, 9.17) is 5.73 Å². The summed E-state index contributed by atoms with van der Waals surface area (Å²) in [5, 5.41) is 0. The van der Waals surface area contributed by atoms with Crippen LogP contribution in [0.5, 0.6) is 0 Å². The molecule has 0 fully saturated rings. The molecule has 0 saturated heterocycles. The van der Waals surface area contributed by atoms with Crippen LogP contribution >= 0.6 is 0 Å². The Kier molecular flexibility index (Phi) is 0.350. The van der Waals surface area contributed by atoms with Gasteiger partial charge < -0.3 is 5.73 Å². The zero-order valence-electron chi connectivity index (χ0n) is 3.23. The van der Waals surface area contributed by atoms with Gasteiger partial charge in [0.2, 0.25) is 0 Å². The topological polar surface area (TPSA) is 26.0 Å². The summed E-state index contributed by atoms with van der Waals surface area (Å²) in [7, 11) is 0. The summed E-state index contributed by atoms with van der Waals surface area (Å²) < 4.78 is 0. The average Bonchev–Trinajstić information content (AvgIpc) is 1.79. The van der Waals surface area contributed by atoms with Gasteiger partial charge in [-0.1, -0.05) is 11.6 Å². The summed E-state index contributed by atoms with van der Waals surface area (Å²) in [5.41, 5.74) is 6.60. The van der Waals surface area contributed by atoms with Crippen molar-refractivity contribution >= 4 is 0 Å². The van der Waals surface area contributed by atoms with E-state index in [2.05, 4.69) is 0 Å². The Morgan fingerprint density at radius 2 is 2.20 bits per heavy atom. The lowest BCUT2D eigenvalue weighted by Crippen LogP contribution is -2.00. The molecule has 1 nitrogen and oxygen atoms in total. The van der Waals surface area contributed by atoms with Crippen molar-refractivity contribution in [2.45, 2.75) is 13.0 Å². The van der Waals surface area contributed by atoms with Gasteiger partial charge in [-0.25, -0.2) is 0 Å². The second kappa shape index (κ2) is 0.601. The molecule has 1 aliphatic carbocycles. The summed E-state index contributed by atoms with van der Waals surface area (Å²) in [5.74, 6) is 0. The third-order valence-corrected chi connectivity index (χ3v) is 0.859. The van der Waals surface area contributed by atoms with E-state index in [0.29, 0.717) is 6.04 Å². The van der Waals surface area contributed by atoms with Crippen LogP contribution in [0.15, 0.2) is 11.6 Å². The lowest BCUT2D eigenvalue weighted by Gasteiger charge is -1.71. The minimum Gasteiger partial charge on any atom is -0.321 e. The average molecular weight is 69.1 g/mol. The zero-order valence-corrected chi connectivity index (χ0v) is 3.23. The van der Waals surface area contributed by atoms with Gasteiger partial charge in [-0.15, -0.1) is 0 Å². The van der Waals surface area contributed by atoms with Crippen LogP contribution in [0.4, 0.5) is 0 Å². The van der Waals surface area contributed by atoms with Gasteiger partial charge in [-0.05, 0) is 6.92 Å². The maximum Gasteiger partial charge on any atom is 0.0441 e. The maximum absolute atomic E-state index is 5.27. The van der Waals surface area contributed by atoms with Crippen molar-refractivity contribution in [2.75, 3.05) is 0 Å². The molecular formula is C4H7N. The highest BCUT2D eigenvalue weighted by Gasteiger charge is 2.11. The van der Waals surface area contributed by atoms with Crippen molar-refractivity contribution < 1.29 is 0 Å². The Balaban J connectivity index is 2.38. The fourth-order valence-electron chi connectivity index (χ4n) is 0.235. The van der Waals surface area contributed by atoms with Crippen LogP contribution < -0.4 is 5.73 Å². The van der Waals surface area contributed by atoms with Crippen LogP contribution in [0.3, 0.4) is 0 Å². The monoisotopic (exact) mass is 69.1 g/mol. The first-order valence-corrected chi connectivity index (χ1v) is 1.74. The van der Waals surface area contributed by atoms with Crippen molar-refractivity contribution in [1.82, 2.24) is 0 Å². The lowest BCUT2D eigenvalue weighted by molar-refractivity contribution is 1.11. The Morgan fingerprint density at radius 3 is 2.20 bits per heavy atom. The van der Waals surface area contributed by atoms with Crippen LogP contribution in [-0.4, -0.2) is 6.04 Å². The number of rotatable bonds is 0. The van der Waals surface area contributed by atoms with Crippen molar-refractivity contribution in [3.8, 4) is 0 Å². The van der Waals surface area contributed by atoms with Crippen LogP contribution in [0.1, 0.15) is 6.92 Å². The molecule has 0 bridgehead atoms. The smallest absolute Gasteiger partial charge is 0.0441 e. The molecule has 1 heteroatoms. The van der Waals surface area contributed by atoms with Crippen molar-refractivity contribution in [3.05, 3.63) is 11.6 Å². The normalized spacial score (nSPS) is 33.2. The molecule has 0 aromatic heterocycles. The molecule has 0 spiro atoms. The molecule has 1 atom stereocenters. The van der Waals surface area contributed by atoms with E-state index < -0.39 is 0 Å². The molecule has 0 unspecified atom stereocenters. The van der Waals surface area contributed by atoms with Crippen molar-refractivity contribution in [2.24, 2.45) is 5.73 Å². The number of hydrogen-bond donors (Lipinski definition) is 1. The summed E-state index contributed by atoms with van der Waals surface area (Å²) in [6.45, 7) is 2.03. The molecule has 0 amide bonds. The third kappa shape index (κ3) is 0.329. The van der Waals surface area contributed by atoms with E-state index >= 15 is 0 Å². The molecule has 5 heavy (non-hydrogen) atoms. The van der Waals surface area contributed by atoms with Crippen molar-refractivity contribution in [3.63, 3.8) is 0 Å². The first kappa shape index (κ1) is 2.91. The molecule has 28 valence electrons. The molecule has 0 aromatic carbocycles. The van der Waals surface area contributed by atoms with E-state index in [1.54, 1.807) is 0 Å². The second-order valence-corrected chi connectivity index (χ2v) is 1.44. The van der Waals surface area contributed by atoms with E-state index in [0.717, 1.165) is 0 Å². The summed E-state index contributed by atoms with van der Waals surface area (Å²) in [6, 6.07) is 0.343. The molecule has 0 aromatic rings. The van der Waals surface area contributed by atoms with E-state index in [9.17, 15) is 0 Å². The minimum atomic E-state index is 0.343. The first-order chi connectivity index (χ1) is 2.30. The highest BCUT2D eigenvalue weighted by atomic mass is 14.7. The lowest BCUT2D eigenvalue weighted by atomic mass is 10.5. The molecule has 0 aliphatic heterocycles. The molecule has 2 N–H and O–H groups in total. The first-order valence-electron chi connectivity index (χ1n) is 1.74. The quantitative estimate of drug-likeness (QED) is 0.406. The van der Waals surface area contributed by atoms with Gasteiger partial charge in [0.15, 0.2) is 0 Å². The predicted molar refractivity (Wildman–Crippen MR) is 21.7 cm³/mol. The largest absolute Gasteiger partial charge is 0.321 e. The highest BCUT2D eigenvalue weighted by molar-refractivity contribution is 5.30. The Labute approximate surface area is 31.5 Å². The van der Waals surface area contributed by atoms with Crippen LogP contribution in [0.2, 0.25) is 0 Å². The van der Waals surface area contributed by atoms with Crippen molar-refractivity contribution in [1.29, 1.82) is 0 Å². The number of nitrogens with two attached hydrogens (primary N) is 1. The van der Waals surface area contributed by atoms with Gasteiger partial charge in [-0.2, -0.15) is 0 Å².